The summed E-state index contributed by atoms with van der Waals surface area (Å²) in [7, 11) is 1.78. The second-order valence-corrected chi connectivity index (χ2v) is 3.71. The maximum atomic E-state index is 13.8. The molecule has 4 nitrogen and oxygen atoms in total. The van der Waals surface area contributed by atoms with Gasteiger partial charge in [0.2, 0.25) is 0 Å². The molecule has 1 aromatic heterocycles. The van der Waals surface area contributed by atoms with Crippen LogP contribution in [0.5, 0.6) is 0 Å². The minimum Gasteiger partial charge on any atom is -0.373 e. The molecule has 0 radical (unpaired) electrons. The maximum absolute atomic E-state index is 13.8. The van der Waals surface area contributed by atoms with Crippen molar-refractivity contribution in [1.29, 1.82) is 0 Å². The average Bonchev–Trinajstić information content (AvgIpc) is 2.42. The van der Waals surface area contributed by atoms with E-state index in [2.05, 4.69) is 15.3 Å². The summed E-state index contributed by atoms with van der Waals surface area (Å²) in [6, 6.07) is 8.45. The second kappa shape index (κ2) is 5.44. The maximum Gasteiger partial charge on any atom is 0.146 e. The van der Waals surface area contributed by atoms with Gasteiger partial charge in [0.05, 0.1) is 5.69 Å². The van der Waals surface area contributed by atoms with Gasteiger partial charge in [-0.3, -0.25) is 0 Å². The first-order valence-electron chi connectivity index (χ1n) is 5.78. The first-order valence-corrected chi connectivity index (χ1v) is 5.78. The molecule has 0 fully saturated rings. The molecule has 0 aliphatic rings. The van der Waals surface area contributed by atoms with Crippen molar-refractivity contribution in [2.75, 3.05) is 23.8 Å². The molecule has 1 aromatic carbocycles. The molecule has 2 aromatic rings. The lowest BCUT2D eigenvalue weighted by Gasteiger charge is -2.22. The van der Waals surface area contributed by atoms with Gasteiger partial charge in [-0.25, -0.2) is 14.4 Å². The molecular weight excluding hydrogens is 231 g/mol. The Morgan fingerprint density at radius 1 is 1.28 bits per heavy atom. The van der Waals surface area contributed by atoms with Gasteiger partial charge in [0.1, 0.15) is 23.8 Å². The van der Waals surface area contributed by atoms with Gasteiger partial charge in [0, 0.05) is 19.7 Å². The normalized spacial score (nSPS) is 10.2. The van der Waals surface area contributed by atoms with Gasteiger partial charge < -0.3 is 10.2 Å². The number of nitrogens with one attached hydrogen (secondary N) is 1. The molecule has 0 spiro atoms. The number of nitrogens with zero attached hydrogens (tertiary/aromatic N) is 3. The fourth-order valence-electron chi connectivity index (χ4n) is 1.76. The molecule has 0 saturated heterocycles. The molecule has 2 rings (SSSR count). The fraction of sp³-hybridized carbons (Fsp3) is 0.231. The highest BCUT2D eigenvalue weighted by Gasteiger charge is 2.13. The van der Waals surface area contributed by atoms with E-state index < -0.39 is 0 Å². The molecule has 0 amide bonds. The summed E-state index contributed by atoms with van der Waals surface area (Å²) in [5, 5.41) is 2.94. The van der Waals surface area contributed by atoms with Gasteiger partial charge in [-0.1, -0.05) is 12.1 Å². The number of halogens is 1. The summed E-state index contributed by atoms with van der Waals surface area (Å²) in [6.45, 7) is 2.58. The van der Waals surface area contributed by atoms with E-state index in [4.69, 9.17) is 0 Å². The quantitative estimate of drug-likeness (QED) is 0.900. The lowest BCUT2D eigenvalue weighted by molar-refractivity contribution is 0.625. The first-order chi connectivity index (χ1) is 8.76. The zero-order valence-corrected chi connectivity index (χ0v) is 10.4. The van der Waals surface area contributed by atoms with Gasteiger partial charge >= 0.3 is 0 Å². The number of hydrogen-bond acceptors (Lipinski definition) is 4. The topological polar surface area (TPSA) is 41.0 Å². The predicted molar refractivity (Wildman–Crippen MR) is 70.7 cm³/mol. The van der Waals surface area contributed by atoms with E-state index in [1.54, 1.807) is 36.2 Å². The SMILES string of the molecule is CCN(c1cc(NC)ncn1)c1ccccc1F. The molecule has 0 aliphatic carbocycles. The molecule has 94 valence electrons. The zero-order chi connectivity index (χ0) is 13.0. The molecule has 0 atom stereocenters. The molecule has 0 aliphatic heterocycles. The van der Waals surface area contributed by atoms with E-state index in [1.165, 1.54) is 12.4 Å². The summed E-state index contributed by atoms with van der Waals surface area (Å²) in [5.41, 5.74) is 0.515. The minimum absolute atomic E-state index is 0.260. The van der Waals surface area contributed by atoms with Crippen LogP contribution in [-0.2, 0) is 0 Å². The first kappa shape index (κ1) is 12.3. The third-order valence-electron chi connectivity index (χ3n) is 2.64. The van der Waals surface area contributed by atoms with Crippen LogP contribution in [-0.4, -0.2) is 23.6 Å². The van der Waals surface area contributed by atoms with Crippen LogP contribution in [0, 0.1) is 5.82 Å². The van der Waals surface area contributed by atoms with Crippen molar-refractivity contribution in [2.45, 2.75) is 6.92 Å². The lowest BCUT2D eigenvalue weighted by atomic mass is 10.2. The summed E-state index contributed by atoms with van der Waals surface area (Å²) < 4.78 is 13.8. The van der Waals surface area contributed by atoms with Gasteiger partial charge in [-0.05, 0) is 19.1 Å². The zero-order valence-electron chi connectivity index (χ0n) is 10.4. The Hall–Kier alpha value is -2.17. The highest BCUT2D eigenvalue weighted by atomic mass is 19.1. The standard InChI is InChI=1S/C13H15FN4/c1-3-18(11-7-5-4-6-10(11)14)13-8-12(15-2)16-9-17-13/h4-9H,3H2,1-2H3,(H,15,16,17). The third-order valence-corrected chi connectivity index (χ3v) is 2.64. The number of para-hydroxylation sites is 1. The molecule has 0 unspecified atom stereocenters. The monoisotopic (exact) mass is 246 g/mol. The molecule has 5 heteroatoms. The van der Waals surface area contributed by atoms with E-state index in [0.717, 1.165) is 0 Å². The highest BCUT2D eigenvalue weighted by Crippen LogP contribution is 2.26. The van der Waals surface area contributed by atoms with E-state index in [9.17, 15) is 4.39 Å². The molecular formula is C13H15FN4. The van der Waals surface area contributed by atoms with Crippen molar-refractivity contribution in [3.8, 4) is 0 Å². The van der Waals surface area contributed by atoms with Crippen LogP contribution in [0.3, 0.4) is 0 Å². The van der Waals surface area contributed by atoms with Gasteiger partial charge in [-0.15, -0.1) is 0 Å². The highest BCUT2D eigenvalue weighted by molar-refractivity contribution is 5.62. The number of hydrogen-bond donors (Lipinski definition) is 1. The van der Waals surface area contributed by atoms with Crippen LogP contribution in [0.1, 0.15) is 6.92 Å². The number of aromatic nitrogens is 2. The molecule has 0 bridgehead atoms. The van der Waals surface area contributed by atoms with Crippen molar-refractivity contribution in [3.05, 3.63) is 42.5 Å². The van der Waals surface area contributed by atoms with Gasteiger partial charge in [0.15, 0.2) is 0 Å². The van der Waals surface area contributed by atoms with Gasteiger partial charge in [-0.2, -0.15) is 0 Å². The minimum atomic E-state index is -0.260. The largest absolute Gasteiger partial charge is 0.373 e. The summed E-state index contributed by atoms with van der Waals surface area (Å²) in [4.78, 5) is 10.0. The predicted octanol–water partition coefficient (Wildman–Crippen LogP) is 2.82. The smallest absolute Gasteiger partial charge is 0.146 e. The van der Waals surface area contributed by atoms with Crippen molar-refractivity contribution in [2.24, 2.45) is 0 Å². The van der Waals surface area contributed by atoms with Crippen molar-refractivity contribution in [1.82, 2.24) is 9.97 Å². The van der Waals surface area contributed by atoms with Crippen molar-refractivity contribution in [3.63, 3.8) is 0 Å². The summed E-state index contributed by atoms with van der Waals surface area (Å²) in [6.07, 6.45) is 1.46. The molecule has 1 heterocycles. The Bertz CT molecular complexity index is 530. The van der Waals surface area contributed by atoms with Crippen molar-refractivity contribution >= 4 is 17.3 Å². The van der Waals surface area contributed by atoms with E-state index in [1.807, 2.05) is 6.92 Å². The van der Waals surface area contributed by atoms with E-state index in [-0.39, 0.29) is 5.82 Å². The average molecular weight is 246 g/mol. The Morgan fingerprint density at radius 2 is 2.06 bits per heavy atom. The van der Waals surface area contributed by atoms with Gasteiger partial charge in [0.25, 0.3) is 0 Å². The lowest BCUT2D eigenvalue weighted by Crippen LogP contribution is -2.19. The second-order valence-electron chi connectivity index (χ2n) is 3.71. The Balaban J connectivity index is 2.42. The third kappa shape index (κ3) is 2.40. The fourth-order valence-corrected chi connectivity index (χ4v) is 1.76. The Labute approximate surface area is 105 Å². The van der Waals surface area contributed by atoms with Crippen molar-refractivity contribution < 1.29 is 4.39 Å². The molecule has 1 N–H and O–H groups in total. The summed E-state index contributed by atoms with van der Waals surface area (Å²) >= 11 is 0. The van der Waals surface area contributed by atoms with Crippen LogP contribution in [0.2, 0.25) is 0 Å². The summed E-state index contributed by atoms with van der Waals surface area (Å²) in [5.74, 6) is 1.11. The number of benzene rings is 1. The molecule has 0 saturated carbocycles. The molecule has 18 heavy (non-hydrogen) atoms. The number of rotatable bonds is 4. The number of anilines is 3. The Kier molecular flexibility index (Phi) is 3.72. The van der Waals surface area contributed by atoms with E-state index >= 15 is 0 Å². The van der Waals surface area contributed by atoms with Crippen LogP contribution in [0.25, 0.3) is 0 Å². The van der Waals surface area contributed by atoms with Crippen LogP contribution in [0.4, 0.5) is 21.7 Å². The van der Waals surface area contributed by atoms with Crippen LogP contribution >= 0.6 is 0 Å². The van der Waals surface area contributed by atoms with Crippen LogP contribution < -0.4 is 10.2 Å². The van der Waals surface area contributed by atoms with Crippen LogP contribution in [0.15, 0.2) is 36.7 Å². The van der Waals surface area contributed by atoms with E-state index in [0.29, 0.717) is 23.9 Å². The Morgan fingerprint density at radius 3 is 2.72 bits per heavy atom.